The Balaban J connectivity index is 1.59. The van der Waals surface area contributed by atoms with Crippen molar-refractivity contribution >= 4 is 28.9 Å². The van der Waals surface area contributed by atoms with E-state index in [-0.39, 0.29) is 5.91 Å². The predicted molar refractivity (Wildman–Crippen MR) is 89.7 cm³/mol. The molecule has 2 N–H and O–H groups in total. The van der Waals surface area contributed by atoms with Gasteiger partial charge < -0.3 is 15.1 Å². The van der Waals surface area contributed by atoms with E-state index in [1.807, 2.05) is 12.1 Å². The number of rotatable bonds is 5. The molecule has 0 aliphatic heterocycles. The van der Waals surface area contributed by atoms with Crippen molar-refractivity contribution in [1.82, 2.24) is 4.98 Å². The molecule has 0 radical (unpaired) electrons. The van der Waals surface area contributed by atoms with Crippen LogP contribution in [0.1, 0.15) is 16.2 Å². The lowest BCUT2D eigenvalue weighted by molar-refractivity contribution is 0.102. The van der Waals surface area contributed by atoms with Gasteiger partial charge in [0, 0.05) is 10.7 Å². The molecule has 0 saturated heterocycles. The average molecular weight is 328 g/mol. The molecule has 0 spiro atoms. The summed E-state index contributed by atoms with van der Waals surface area (Å²) in [7, 11) is 0. The van der Waals surface area contributed by atoms with Gasteiger partial charge in [0.05, 0.1) is 24.7 Å². The minimum atomic E-state index is -0.273. The highest BCUT2D eigenvalue weighted by atomic mass is 35.5. The van der Waals surface area contributed by atoms with Gasteiger partial charge in [0.25, 0.3) is 5.91 Å². The Kier molecular flexibility index (Phi) is 4.59. The normalized spacial score (nSPS) is 10.3. The fourth-order valence-corrected chi connectivity index (χ4v) is 2.09. The largest absolute Gasteiger partial charge is 0.467 e. The second kappa shape index (κ2) is 6.98. The average Bonchev–Trinajstić information content (AvgIpc) is 3.09. The molecule has 1 aromatic carbocycles. The van der Waals surface area contributed by atoms with Gasteiger partial charge in [0.15, 0.2) is 0 Å². The Morgan fingerprint density at radius 1 is 1.09 bits per heavy atom. The van der Waals surface area contributed by atoms with E-state index in [1.165, 1.54) is 0 Å². The zero-order valence-electron chi connectivity index (χ0n) is 12.1. The van der Waals surface area contributed by atoms with E-state index in [2.05, 4.69) is 15.6 Å². The maximum absolute atomic E-state index is 12.1. The Bertz CT molecular complexity index is 769. The molecule has 0 bridgehead atoms. The topological polar surface area (TPSA) is 67.2 Å². The van der Waals surface area contributed by atoms with E-state index >= 15 is 0 Å². The number of nitrogens with zero attached hydrogens (tertiary/aromatic N) is 1. The molecule has 3 rings (SSSR count). The molecule has 1 amide bonds. The number of hydrogen-bond donors (Lipinski definition) is 2. The van der Waals surface area contributed by atoms with Gasteiger partial charge in [0.2, 0.25) is 0 Å². The van der Waals surface area contributed by atoms with E-state index in [0.29, 0.717) is 22.9 Å². The van der Waals surface area contributed by atoms with Crippen LogP contribution in [0.3, 0.4) is 0 Å². The van der Waals surface area contributed by atoms with Crippen LogP contribution in [0.25, 0.3) is 0 Å². The highest BCUT2D eigenvalue weighted by Gasteiger charge is 2.07. The van der Waals surface area contributed by atoms with Gasteiger partial charge in [-0.05, 0) is 48.5 Å². The summed E-state index contributed by atoms with van der Waals surface area (Å²) in [6.45, 7) is 0.561. The number of nitrogens with one attached hydrogen (secondary N) is 2. The Morgan fingerprint density at radius 2 is 1.87 bits per heavy atom. The lowest BCUT2D eigenvalue weighted by Gasteiger charge is -2.07. The molecule has 5 nitrogen and oxygen atoms in total. The van der Waals surface area contributed by atoms with E-state index in [4.69, 9.17) is 16.0 Å². The van der Waals surface area contributed by atoms with Crippen molar-refractivity contribution in [2.75, 3.05) is 10.6 Å². The second-order valence-electron chi connectivity index (χ2n) is 4.83. The first kappa shape index (κ1) is 15.1. The first-order chi connectivity index (χ1) is 11.2. The third kappa shape index (κ3) is 4.11. The molecule has 116 valence electrons. The lowest BCUT2D eigenvalue weighted by atomic mass is 10.3. The van der Waals surface area contributed by atoms with Crippen LogP contribution in [-0.2, 0) is 6.54 Å². The van der Waals surface area contributed by atoms with Crippen LogP contribution in [0.5, 0.6) is 0 Å². The molecule has 0 aliphatic rings. The van der Waals surface area contributed by atoms with Crippen LogP contribution in [0.15, 0.2) is 65.4 Å². The van der Waals surface area contributed by atoms with E-state index < -0.39 is 0 Å². The molecule has 0 unspecified atom stereocenters. The number of aromatic nitrogens is 1. The number of pyridine rings is 1. The van der Waals surface area contributed by atoms with Crippen molar-refractivity contribution in [3.63, 3.8) is 0 Å². The van der Waals surface area contributed by atoms with Gasteiger partial charge in [-0.25, -0.2) is 4.98 Å². The second-order valence-corrected chi connectivity index (χ2v) is 5.26. The van der Waals surface area contributed by atoms with Crippen molar-refractivity contribution in [2.45, 2.75) is 6.54 Å². The van der Waals surface area contributed by atoms with E-state index in [9.17, 15) is 4.79 Å². The van der Waals surface area contributed by atoms with Gasteiger partial charge in [-0.2, -0.15) is 0 Å². The number of hydrogen-bond acceptors (Lipinski definition) is 4. The number of halogens is 1. The molecule has 0 aliphatic carbocycles. The fourth-order valence-electron chi connectivity index (χ4n) is 1.96. The minimum Gasteiger partial charge on any atom is -0.467 e. The van der Waals surface area contributed by atoms with Crippen molar-refractivity contribution in [3.05, 3.63) is 77.5 Å². The highest BCUT2D eigenvalue weighted by Crippen LogP contribution is 2.15. The summed E-state index contributed by atoms with van der Waals surface area (Å²) in [5.41, 5.74) is 1.81. The van der Waals surface area contributed by atoms with Crippen LogP contribution in [0.4, 0.5) is 11.4 Å². The first-order valence-electron chi connectivity index (χ1n) is 7.00. The highest BCUT2D eigenvalue weighted by molar-refractivity contribution is 6.30. The molecule has 2 aromatic heterocycles. The molecular weight excluding hydrogens is 314 g/mol. The van der Waals surface area contributed by atoms with E-state index in [0.717, 1.165) is 11.4 Å². The Labute approximate surface area is 138 Å². The molecule has 2 heterocycles. The summed E-state index contributed by atoms with van der Waals surface area (Å²) in [6, 6.07) is 14.1. The maximum Gasteiger partial charge on any atom is 0.274 e. The third-order valence-electron chi connectivity index (χ3n) is 3.15. The zero-order valence-corrected chi connectivity index (χ0v) is 12.9. The summed E-state index contributed by atoms with van der Waals surface area (Å²) in [5.74, 6) is 0.555. The van der Waals surface area contributed by atoms with Crippen molar-refractivity contribution in [1.29, 1.82) is 0 Å². The van der Waals surface area contributed by atoms with Gasteiger partial charge in [-0.15, -0.1) is 0 Å². The van der Waals surface area contributed by atoms with Gasteiger partial charge in [0.1, 0.15) is 11.5 Å². The van der Waals surface area contributed by atoms with Gasteiger partial charge >= 0.3 is 0 Å². The minimum absolute atomic E-state index is 0.273. The predicted octanol–water partition coefficient (Wildman–Crippen LogP) is 4.19. The van der Waals surface area contributed by atoms with Crippen molar-refractivity contribution in [2.24, 2.45) is 0 Å². The Morgan fingerprint density at radius 3 is 2.52 bits per heavy atom. The van der Waals surface area contributed by atoms with Crippen LogP contribution in [0.2, 0.25) is 5.02 Å². The standard InChI is InChI=1S/C17H14ClN3O2/c18-12-3-5-13(6-4-12)21-17(22)16-8-7-14(10-20-16)19-11-15-2-1-9-23-15/h1-10,19H,11H2,(H,21,22). The molecule has 23 heavy (non-hydrogen) atoms. The molecule has 0 saturated carbocycles. The van der Waals surface area contributed by atoms with Crippen molar-refractivity contribution in [3.8, 4) is 0 Å². The SMILES string of the molecule is O=C(Nc1ccc(Cl)cc1)c1ccc(NCc2ccco2)cn1. The smallest absolute Gasteiger partial charge is 0.274 e. The number of carbonyl (C=O) groups is 1. The monoisotopic (exact) mass is 327 g/mol. The summed E-state index contributed by atoms with van der Waals surface area (Å²) in [4.78, 5) is 16.3. The third-order valence-corrected chi connectivity index (χ3v) is 3.40. The molecule has 6 heteroatoms. The van der Waals surface area contributed by atoms with Gasteiger partial charge in [-0.1, -0.05) is 11.6 Å². The number of benzene rings is 1. The fraction of sp³-hybridized carbons (Fsp3) is 0.0588. The summed E-state index contributed by atoms with van der Waals surface area (Å²) in [5, 5.41) is 6.55. The number of carbonyl (C=O) groups excluding carboxylic acids is 1. The molecule has 3 aromatic rings. The molecular formula is C17H14ClN3O2. The quantitative estimate of drug-likeness (QED) is 0.737. The number of amides is 1. The van der Waals surface area contributed by atoms with Crippen LogP contribution >= 0.6 is 11.6 Å². The van der Waals surface area contributed by atoms with Crippen LogP contribution in [0, 0.1) is 0 Å². The van der Waals surface area contributed by atoms with Crippen LogP contribution in [-0.4, -0.2) is 10.9 Å². The summed E-state index contributed by atoms with van der Waals surface area (Å²) < 4.78 is 5.24. The molecule has 0 fully saturated rings. The Hall–Kier alpha value is -2.79. The number of anilines is 2. The first-order valence-corrected chi connectivity index (χ1v) is 7.38. The van der Waals surface area contributed by atoms with Gasteiger partial charge in [-0.3, -0.25) is 4.79 Å². The zero-order chi connectivity index (χ0) is 16.1. The summed E-state index contributed by atoms with van der Waals surface area (Å²) in [6.07, 6.45) is 3.24. The maximum atomic E-state index is 12.1. The summed E-state index contributed by atoms with van der Waals surface area (Å²) >= 11 is 5.81. The molecule has 0 atom stereocenters. The van der Waals surface area contributed by atoms with Crippen molar-refractivity contribution < 1.29 is 9.21 Å². The van der Waals surface area contributed by atoms with E-state index in [1.54, 1.807) is 48.9 Å². The van der Waals surface area contributed by atoms with Crippen LogP contribution < -0.4 is 10.6 Å². The lowest BCUT2D eigenvalue weighted by Crippen LogP contribution is -2.13. The number of furan rings is 1.